The van der Waals surface area contributed by atoms with E-state index >= 15 is 0 Å². The third-order valence-electron chi connectivity index (χ3n) is 0. The summed E-state index contributed by atoms with van der Waals surface area (Å²) < 4.78 is 0. The Morgan fingerprint density at radius 2 is 0.571 bits per heavy atom. The standard InChI is InChI=1S/Ga.3HSe2/c;3*1-2/h;3*1H/q+3;3*-1. The Bertz CT molecular complexity index is 8.90. The van der Waals surface area contributed by atoms with Crippen molar-refractivity contribution in [2.75, 3.05) is 0 Å². The molecule has 0 aliphatic carbocycles. The van der Waals surface area contributed by atoms with Gasteiger partial charge in [-0.05, 0) is 0 Å². The molecule has 0 heterocycles. The van der Waals surface area contributed by atoms with Gasteiger partial charge in [0.15, 0.2) is 0 Å². The number of rotatable bonds is 0. The first kappa shape index (κ1) is 22.4. The Balaban J connectivity index is -0.00000000900. The second-order valence-corrected chi connectivity index (χ2v) is 0. The van der Waals surface area contributed by atoms with Gasteiger partial charge in [0.25, 0.3) is 0 Å². The van der Waals surface area contributed by atoms with Gasteiger partial charge in [0, 0.05) is 0 Å². The molecule has 0 atom stereocenters. The summed E-state index contributed by atoms with van der Waals surface area (Å²) in [7, 11) is 0. The van der Waals surface area contributed by atoms with Crippen molar-refractivity contribution in [2.45, 2.75) is 0 Å². The second kappa shape index (κ2) is 53.0. The molecule has 42 valence electrons. The van der Waals surface area contributed by atoms with Crippen LogP contribution in [0.1, 0.15) is 0 Å². The molecule has 0 amide bonds. The zero-order chi connectivity index (χ0) is 6.00. The van der Waals surface area contributed by atoms with Gasteiger partial charge < -0.3 is 0 Å². The molecule has 7 heteroatoms. The fourth-order valence-electron chi connectivity index (χ4n) is 0. The van der Waals surface area contributed by atoms with E-state index in [1.54, 1.807) is 0 Å². The minimum atomic E-state index is 0. The SMILES string of the molecule is [Ga+3].[Se]=[SeH-].[Se]=[SeH-].[Se]=[SeH-]. The van der Waals surface area contributed by atoms with Crippen LogP contribution < -0.4 is 0 Å². The van der Waals surface area contributed by atoms with Crippen LogP contribution in [-0.4, -0.2) is 102 Å². The van der Waals surface area contributed by atoms with Gasteiger partial charge in [-0.15, -0.1) is 0 Å². The maximum absolute atomic E-state index is 2.56. The Hall–Kier alpha value is 3.75. The molecule has 0 aromatic carbocycles. The summed E-state index contributed by atoms with van der Waals surface area (Å²) in [5.74, 6) is 0. The van der Waals surface area contributed by atoms with Crippen LogP contribution in [0.3, 0.4) is 0 Å². The molecule has 0 nitrogen and oxygen atoms in total. The Morgan fingerprint density at radius 3 is 0.571 bits per heavy atom. The predicted molar refractivity (Wildman–Crippen MR) is 44.5 cm³/mol. The van der Waals surface area contributed by atoms with Gasteiger partial charge >= 0.3 is 102 Å². The van der Waals surface area contributed by atoms with E-state index in [9.17, 15) is 0 Å². The van der Waals surface area contributed by atoms with Crippen LogP contribution in [0.4, 0.5) is 0 Å². The first-order valence-corrected chi connectivity index (χ1v) is 14.8. The molecule has 0 saturated heterocycles. The molecule has 0 unspecified atom stereocenters. The van der Waals surface area contributed by atoms with Crippen molar-refractivity contribution < 1.29 is 0 Å². The first-order valence-electron chi connectivity index (χ1n) is 0.548. The van der Waals surface area contributed by atoms with E-state index in [-0.39, 0.29) is 19.8 Å². The predicted octanol–water partition coefficient (Wildman–Crippen LogP) is -3.47. The number of hydrogen-bond donors (Lipinski definition) is 0. The third-order valence-corrected chi connectivity index (χ3v) is 0. The van der Waals surface area contributed by atoms with Crippen molar-refractivity contribution >= 4 is 102 Å². The van der Waals surface area contributed by atoms with Crippen molar-refractivity contribution in [2.24, 2.45) is 0 Å². The summed E-state index contributed by atoms with van der Waals surface area (Å²) in [6.07, 6.45) is 0. The van der Waals surface area contributed by atoms with Crippen molar-refractivity contribution in [1.82, 2.24) is 0 Å². The summed E-state index contributed by atoms with van der Waals surface area (Å²) in [5.41, 5.74) is 0. The summed E-state index contributed by atoms with van der Waals surface area (Å²) in [4.78, 5) is 0. The quantitative estimate of drug-likeness (QED) is 0.277. The van der Waals surface area contributed by atoms with Gasteiger partial charge in [0.05, 0.1) is 0 Å². The molecule has 0 spiro atoms. The number of hydrogen-bond acceptors (Lipinski definition) is 0. The van der Waals surface area contributed by atoms with Crippen LogP contribution >= 0.6 is 0 Å². The van der Waals surface area contributed by atoms with Crippen molar-refractivity contribution in [3.63, 3.8) is 0 Å². The van der Waals surface area contributed by atoms with Crippen LogP contribution in [-0.2, 0) is 0 Å². The fraction of sp³-hybridized carbons (Fsp3) is 0. The Kier molecular flexibility index (Phi) is 170. The molecule has 0 N–H and O–H groups in total. The Labute approximate surface area is 99.6 Å². The van der Waals surface area contributed by atoms with Crippen LogP contribution in [0.25, 0.3) is 0 Å². The van der Waals surface area contributed by atoms with E-state index in [1.807, 2.05) is 0 Å². The zero-order valence-corrected chi connectivity index (χ0v) is 16.3. The van der Waals surface area contributed by atoms with Crippen LogP contribution in [0.15, 0.2) is 0 Å². The molecule has 0 aromatic heterocycles. The van der Waals surface area contributed by atoms with Crippen molar-refractivity contribution in [3.05, 3.63) is 0 Å². The maximum atomic E-state index is 2.56. The molecule has 0 aliphatic heterocycles. The topological polar surface area (TPSA) is 0 Å². The molecule has 0 rings (SSSR count). The molecule has 7 heavy (non-hydrogen) atoms. The van der Waals surface area contributed by atoms with E-state index < -0.39 is 0 Å². The monoisotopic (exact) mass is 551 g/mol. The van der Waals surface area contributed by atoms with Gasteiger partial charge in [-0.25, -0.2) is 0 Å². The van der Waals surface area contributed by atoms with Gasteiger partial charge in [-0.3, -0.25) is 0 Å². The average molecular weight is 547 g/mol. The molecular formula is H3GaSe6. The molecule has 0 aromatic rings. The van der Waals surface area contributed by atoms with Gasteiger partial charge in [-0.2, -0.15) is 0 Å². The fourth-order valence-corrected chi connectivity index (χ4v) is 0. The van der Waals surface area contributed by atoms with E-state index in [2.05, 4.69) is 81.9 Å². The van der Waals surface area contributed by atoms with Gasteiger partial charge in [0.1, 0.15) is 0 Å². The van der Waals surface area contributed by atoms with E-state index in [0.717, 1.165) is 0 Å². The van der Waals surface area contributed by atoms with Crippen LogP contribution in [0.5, 0.6) is 0 Å². The molecular weight excluding hydrogens is 543 g/mol. The normalized spacial score (nSPS) is 2.14. The third kappa shape index (κ3) is 41.6. The van der Waals surface area contributed by atoms with Crippen molar-refractivity contribution in [1.29, 1.82) is 0 Å². The summed E-state index contributed by atoms with van der Waals surface area (Å²) in [5, 5.41) is 0. The van der Waals surface area contributed by atoms with E-state index in [4.69, 9.17) is 0 Å². The Morgan fingerprint density at radius 1 is 0.571 bits per heavy atom. The molecule has 0 fully saturated rings. The molecule has 0 radical (unpaired) electrons. The van der Waals surface area contributed by atoms with E-state index in [0.29, 0.717) is 0 Å². The molecule has 0 saturated carbocycles. The second-order valence-electron chi connectivity index (χ2n) is 0. The van der Waals surface area contributed by atoms with Crippen LogP contribution in [0, 0.1) is 0 Å². The average Bonchev–Trinajstić information content (AvgIpc) is 1.81. The molecule has 0 aliphatic rings. The van der Waals surface area contributed by atoms with Crippen LogP contribution in [0.2, 0.25) is 0 Å². The van der Waals surface area contributed by atoms with Gasteiger partial charge in [0.2, 0.25) is 0 Å². The summed E-state index contributed by atoms with van der Waals surface area (Å²) in [6, 6.07) is 0. The minimum absolute atomic E-state index is 0. The zero-order valence-electron chi connectivity index (χ0n) is 3.14. The molecule has 0 bridgehead atoms. The summed E-state index contributed by atoms with van der Waals surface area (Å²) >= 11 is 14.2. The van der Waals surface area contributed by atoms with E-state index in [1.165, 1.54) is 0 Å². The first-order chi connectivity index (χ1) is 3.00. The van der Waals surface area contributed by atoms with Gasteiger partial charge in [-0.1, -0.05) is 0 Å². The van der Waals surface area contributed by atoms with Crippen molar-refractivity contribution in [3.8, 4) is 0 Å². The summed E-state index contributed by atoms with van der Waals surface area (Å²) in [6.45, 7) is 0.